The van der Waals surface area contributed by atoms with E-state index in [1.54, 1.807) is 22.0 Å². The summed E-state index contributed by atoms with van der Waals surface area (Å²) in [6, 6.07) is 5.89. The Kier molecular flexibility index (Phi) is 6.44. The standard InChI is InChI=1S/C23H24F2N8O3/c1-14(34)27-12-18-13-32(23(35)36-18)17-10-19(24)21(20(25)11-17)31-8-4-16(5-9-31)33-22(28-29-30-33)15-2-6-26-7-3-15/h2-3,6-7,10-11,16,18H,4-5,8-9,12-13H2,1H3,(H,27,34). The summed E-state index contributed by atoms with van der Waals surface area (Å²) in [7, 11) is 0. The summed E-state index contributed by atoms with van der Waals surface area (Å²) < 4.78 is 37.2. The molecular formula is C23H24F2N8O3. The maximum Gasteiger partial charge on any atom is 0.414 e. The first-order chi connectivity index (χ1) is 17.4. The summed E-state index contributed by atoms with van der Waals surface area (Å²) in [5.74, 6) is -1.17. The van der Waals surface area contributed by atoms with Crippen molar-refractivity contribution in [3.63, 3.8) is 0 Å². The number of ether oxygens (including phenoxy) is 1. The highest BCUT2D eigenvalue weighted by Gasteiger charge is 2.34. The molecule has 1 unspecified atom stereocenters. The smallest absolute Gasteiger partial charge is 0.414 e. The van der Waals surface area contributed by atoms with Gasteiger partial charge in [-0.15, -0.1) is 5.10 Å². The molecule has 2 aromatic heterocycles. The number of piperidine rings is 1. The molecule has 0 radical (unpaired) electrons. The first-order valence-corrected chi connectivity index (χ1v) is 11.6. The highest BCUT2D eigenvalue weighted by molar-refractivity contribution is 5.90. The Morgan fingerprint density at radius 1 is 1.17 bits per heavy atom. The molecule has 1 aromatic carbocycles. The van der Waals surface area contributed by atoms with Gasteiger partial charge in [0.05, 0.1) is 24.8 Å². The molecule has 0 aliphatic carbocycles. The lowest BCUT2D eigenvalue weighted by atomic mass is 10.0. The van der Waals surface area contributed by atoms with Crippen molar-refractivity contribution in [2.45, 2.75) is 31.9 Å². The molecule has 5 rings (SSSR count). The zero-order valence-electron chi connectivity index (χ0n) is 19.5. The van der Waals surface area contributed by atoms with Gasteiger partial charge in [0.2, 0.25) is 5.91 Å². The van der Waals surface area contributed by atoms with Crippen molar-refractivity contribution >= 4 is 23.4 Å². The Morgan fingerprint density at radius 2 is 1.86 bits per heavy atom. The summed E-state index contributed by atoms with van der Waals surface area (Å²) in [4.78, 5) is 30.2. The Bertz CT molecular complexity index is 1240. The molecular weight excluding hydrogens is 474 g/mol. The molecule has 4 heterocycles. The molecule has 2 saturated heterocycles. The largest absolute Gasteiger partial charge is 0.442 e. The van der Waals surface area contributed by atoms with Crippen molar-refractivity contribution in [1.29, 1.82) is 0 Å². The second-order valence-electron chi connectivity index (χ2n) is 8.71. The number of tetrazole rings is 1. The van der Waals surface area contributed by atoms with Crippen LogP contribution in [0.3, 0.4) is 0 Å². The number of hydrogen-bond acceptors (Lipinski definition) is 8. The molecule has 0 saturated carbocycles. The molecule has 2 amide bonds. The van der Waals surface area contributed by atoms with E-state index < -0.39 is 23.8 Å². The summed E-state index contributed by atoms with van der Waals surface area (Å²) in [6.45, 7) is 2.36. The Hall–Kier alpha value is -4.16. The number of carbonyl (C=O) groups excluding carboxylic acids is 2. The van der Waals surface area contributed by atoms with Gasteiger partial charge in [0.15, 0.2) is 17.5 Å². The average molecular weight is 498 g/mol. The molecule has 3 aromatic rings. The predicted octanol–water partition coefficient (Wildman–Crippen LogP) is 2.32. The third-order valence-electron chi connectivity index (χ3n) is 6.32. The van der Waals surface area contributed by atoms with Crippen LogP contribution >= 0.6 is 0 Å². The second kappa shape index (κ2) is 9.84. The summed E-state index contributed by atoms with van der Waals surface area (Å²) in [5, 5.41) is 14.6. The van der Waals surface area contributed by atoms with Crippen LogP contribution in [0.4, 0.5) is 25.0 Å². The van der Waals surface area contributed by atoms with Gasteiger partial charge in [0, 0.05) is 50.1 Å². The topological polar surface area (TPSA) is 118 Å². The van der Waals surface area contributed by atoms with E-state index in [4.69, 9.17) is 4.74 Å². The normalized spacial score (nSPS) is 18.4. The number of aromatic nitrogens is 5. The number of nitrogens with zero attached hydrogens (tertiary/aromatic N) is 7. The van der Waals surface area contributed by atoms with E-state index in [-0.39, 0.29) is 36.4 Å². The molecule has 2 aliphatic rings. The zero-order chi connectivity index (χ0) is 25.2. The number of carbonyl (C=O) groups is 2. The molecule has 2 fully saturated rings. The van der Waals surface area contributed by atoms with E-state index in [9.17, 15) is 9.59 Å². The van der Waals surface area contributed by atoms with E-state index in [2.05, 4.69) is 25.8 Å². The molecule has 0 bridgehead atoms. The number of nitrogens with one attached hydrogen (secondary N) is 1. The van der Waals surface area contributed by atoms with Gasteiger partial charge in [-0.05, 0) is 35.4 Å². The minimum Gasteiger partial charge on any atom is -0.442 e. The number of amides is 2. The number of hydrogen-bond donors (Lipinski definition) is 1. The van der Waals surface area contributed by atoms with Crippen LogP contribution in [0.5, 0.6) is 0 Å². The SMILES string of the molecule is CC(=O)NCC1CN(c2cc(F)c(N3CCC(n4nnnc4-c4ccncc4)CC3)c(F)c2)C(=O)O1. The van der Waals surface area contributed by atoms with Gasteiger partial charge in [-0.2, -0.15) is 0 Å². The Labute approximate surface area is 205 Å². The maximum atomic E-state index is 15.1. The van der Waals surface area contributed by atoms with Crippen LogP contribution in [0.1, 0.15) is 25.8 Å². The Balaban J connectivity index is 1.27. The lowest BCUT2D eigenvalue weighted by Gasteiger charge is -2.34. The van der Waals surface area contributed by atoms with Gasteiger partial charge >= 0.3 is 6.09 Å². The van der Waals surface area contributed by atoms with Crippen molar-refractivity contribution in [3.8, 4) is 11.4 Å². The average Bonchev–Trinajstić information content (AvgIpc) is 3.50. The van der Waals surface area contributed by atoms with Crippen molar-refractivity contribution in [2.75, 3.05) is 36.0 Å². The highest BCUT2D eigenvalue weighted by Crippen LogP contribution is 2.34. The van der Waals surface area contributed by atoms with Crippen LogP contribution in [-0.2, 0) is 9.53 Å². The minimum atomic E-state index is -0.763. The highest BCUT2D eigenvalue weighted by atomic mass is 19.1. The number of benzene rings is 1. The third-order valence-corrected chi connectivity index (χ3v) is 6.32. The van der Waals surface area contributed by atoms with E-state index >= 15 is 8.78 Å². The van der Waals surface area contributed by atoms with E-state index in [0.29, 0.717) is 31.8 Å². The predicted molar refractivity (Wildman–Crippen MR) is 124 cm³/mol. The molecule has 0 spiro atoms. The van der Waals surface area contributed by atoms with Crippen LogP contribution in [0.2, 0.25) is 0 Å². The number of rotatable bonds is 6. The molecule has 1 N–H and O–H groups in total. The summed E-state index contributed by atoms with van der Waals surface area (Å²) in [6.07, 6.45) is 3.19. The number of halogens is 2. The van der Waals surface area contributed by atoms with E-state index in [1.165, 1.54) is 6.92 Å². The van der Waals surface area contributed by atoms with Crippen LogP contribution in [0.25, 0.3) is 11.4 Å². The number of pyridine rings is 1. The van der Waals surface area contributed by atoms with Crippen molar-refractivity contribution in [2.24, 2.45) is 0 Å². The Morgan fingerprint density at radius 3 is 2.53 bits per heavy atom. The lowest BCUT2D eigenvalue weighted by molar-refractivity contribution is -0.119. The molecule has 13 heteroatoms. The minimum absolute atomic E-state index is 0.0234. The second-order valence-corrected chi connectivity index (χ2v) is 8.71. The fourth-order valence-corrected chi connectivity index (χ4v) is 4.57. The summed E-state index contributed by atoms with van der Waals surface area (Å²) >= 11 is 0. The number of anilines is 2. The van der Waals surface area contributed by atoms with E-state index in [0.717, 1.165) is 22.6 Å². The van der Waals surface area contributed by atoms with Gasteiger partial charge in [-0.3, -0.25) is 14.7 Å². The van der Waals surface area contributed by atoms with Crippen molar-refractivity contribution in [1.82, 2.24) is 30.5 Å². The van der Waals surface area contributed by atoms with Gasteiger partial charge in [-0.25, -0.2) is 18.3 Å². The fourth-order valence-electron chi connectivity index (χ4n) is 4.57. The molecule has 188 valence electrons. The first kappa shape index (κ1) is 23.6. The molecule has 11 nitrogen and oxygen atoms in total. The fraction of sp³-hybridized carbons (Fsp3) is 0.391. The van der Waals surface area contributed by atoms with Crippen LogP contribution in [0.15, 0.2) is 36.7 Å². The van der Waals surface area contributed by atoms with Crippen LogP contribution in [-0.4, -0.2) is 69.5 Å². The maximum absolute atomic E-state index is 15.1. The van der Waals surface area contributed by atoms with Gasteiger partial charge < -0.3 is 15.0 Å². The summed E-state index contributed by atoms with van der Waals surface area (Å²) in [5.41, 5.74) is 0.769. The van der Waals surface area contributed by atoms with Gasteiger partial charge in [0.1, 0.15) is 11.8 Å². The first-order valence-electron chi connectivity index (χ1n) is 11.6. The van der Waals surface area contributed by atoms with Crippen LogP contribution in [0, 0.1) is 11.6 Å². The third kappa shape index (κ3) is 4.68. The number of cyclic esters (lactones) is 1. The van der Waals surface area contributed by atoms with Crippen LogP contribution < -0.4 is 15.1 Å². The molecule has 2 aliphatic heterocycles. The zero-order valence-corrected chi connectivity index (χ0v) is 19.5. The van der Waals surface area contributed by atoms with Crippen molar-refractivity contribution in [3.05, 3.63) is 48.3 Å². The monoisotopic (exact) mass is 498 g/mol. The quantitative estimate of drug-likeness (QED) is 0.550. The molecule has 36 heavy (non-hydrogen) atoms. The van der Waals surface area contributed by atoms with E-state index in [1.807, 2.05) is 12.1 Å². The van der Waals surface area contributed by atoms with Gasteiger partial charge in [0.25, 0.3) is 0 Å². The molecule has 1 atom stereocenters. The van der Waals surface area contributed by atoms with Gasteiger partial charge in [-0.1, -0.05) is 0 Å². The lowest BCUT2D eigenvalue weighted by Crippen LogP contribution is -2.36. The van der Waals surface area contributed by atoms with Crippen molar-refractivity contribution < 1.29 is 23.1 Å².